The Kier molecular flexibility index (Phi) is 6.02. The number of piperidine rings is 3. The number of aliphatic hydroxyl groups is 1. The lowest BCUT2D eigenvalue weighted by molar-refractivity contribution is -0.131. The van der Waals surface area contributed by atoms with E-state index in [-0.39, 0.29) is 12.4 Å². The summed E-state index contributed by atoms with van der Waals surface area (Å²) in [6, 6.07) is 18.3. The van der Waals surface area contributed by atoms with Gasteiger partial charge in [-0.3, -0.25) is 0 Å². The summed E-state index contributed by atoms with van der Waals surface area (Å²) in [7, 11) is 0. The Hall–Kier alpha value is -1.81. The molecule has 0 saturated carbocycles. The first-order valence-electron chi connectivity index (χ1n) is 9.12. The Labute approximate surface area is 161 Å². The third-order valence-corrected chi connectivity index (χ3v) is 5.48. The molecule has 2 aromatic carbocycles. The molecule has 138 valence electrons. The molecule has 0 radical (unpaired) electrons. The molecule has 0 spiro atoms. The molecule has 1 atom stereocenters. The van der Waals surface area contributed by atoms with Gasteiger partial charge >= 0.3 is 0 Å². The van der Waals surface area contributed by atoms with Crippen molar-refractivity contribution < 1.29 is 9.84 Å². The molecule has 3 aliphatic heterocycles. The van der Waals surface area contributed by atoms with Gasteiger partial charge in [0, 0.05) is 6.54 Å². The molecule has 0 aromatic heterocycles. The highest BCUT2D eigenvalue weighted by atomic mass is 35.5. The maximum absolute atomic E-state index is 10.9. The van der Waals surface area contributed by atoms with Crippen molar-refractivity contribution in [1.29, 1.82) is 0 Å². The summed E-state index contributed by atoms with van der Waals surface area (Å²) < 4.78 is 5.92. The molecule has 3 heterocycles. The first kappa shape index (κ1) is 19.0. The first-order valence-corrected chi connectivity index (χ1v) is 9.12. The number of hydrogen-bond donors (Lipinski definition) is 1. The van der Waals surface area contributed by atoms with Crippen LogP contribution in [0.5, 0.6) is 5.75 Å². The molecule has 26 heavy (non-hydrogen) atoms. The van der Waals surface area contributed by atoms with E-state index in [2.05, 4.69) is 41.3 Å². The van der Waals surface area contributed by atoms with Crippen LogP contribution in [0.2, 0.25) is 0 Å². The van der Waals surface area contributed by atoms with Gasteiger partial charge < -0.3 is 14.7 Å². The third kappa shape index (κ3) is 4.29. The fourth-order valence-electron chi connectivity index (χ4n) is 3.95. The molecule has 3 fully saturated rings. The van der Waals surface area contributed by atoms with Gasteiger partial charge in [0.1, 0.15) is 18.0 Å². The van der Waals surface area contributed by atoms with Crippen molar-refractivity contribution >= 4 is 24.6 Å². The topological polar surface area (TPSA) is 32.7 Å². The van der Waals surface area contributed by atoms with Crippen LogP contribution in [0.15, 0.2) is 54.6 Å². The molecule has 3 nitrogen and oxygen atoms in total. The molecule has 2 aromatic rings. The second-order valence-corrected chi connectivity index (χ2v) is 7.26. The van der Waals surface area contributed by atoms with E-state index in [0.29, 0.717) is 12.5 Å². The van der Waals surface area contributed by atoms with Crippen molar-refractivity contribution in [1.82, 2.24) is 4.90 Å². The zero-order valence-corrected chi connectivity index (χ0v) is 15.7. The zero-order valence-electron chi connectivity index (χ0n) is 14.9. The van der Waals surface area contributed by atoms with E-state index in [1.807, 2.05) is 30.3 Å². The van der Waals surface area contributed by atoms with E-state index in [4.69, 9.17) is 4.74 Å². The van der Waals surface area contributed by atoms with Gasteiger partial charge in [-0.1, -0.05) is 54.6 Å². The lowest BCUT2D eigenvalue weighted by atomic mass is 9.76. The van der Waals surface area contributed by atoms with Gasteiger partial charge in [0.2, 0.25) is 0 Å². The summed E-state index contributed by atoms with van der Waals surface area (Å²) in [4.78, 5) is 2.35. The van der Waals surface area contributed by atoms with E-state index in [9.17, 15) is 5.11 Å². The van der Waals surface area contributed by atoms with Crippen LogP contribution in [0, 0.1) is 5.92 Å². The van der Waals surface area contributed by atoms with Gasteiger partial charge in [-0.25, -0.2) is 0 Å². The van der Waals surface area contributed by atoms with Crippen LogP contribution in [-0.4, -0.2) is 41.8 Å². The summed E-state index contributed by atoms with van der Waals surface area (Å²) >= 11 is 0. The number of hydrogen-bond acceptors (Lipinski definition) is 3. The molecule has 0 aliphatic carbocycles. The van der Waals surface area contributed by atoms with Crippen LogP contribution in [0.25, 0.3) is 12.2 Å². The van der Waals surface area contributed by atoms with Crippen molar-refractivity contribution in [2.24, 2.45) is 5.92 Å². The van der Waals surface area contributed by atoms with Crippen LogP contribution in [0.3, 0.4) is 0 Å². The van der Waals surface area contributed by atoms with E-state index >= 15 is 0 Å². The van der Waals surface area contributed by atoms with Crippen LogP contribution < -0.4 is 4.74 Å². The van der Waals surface area contributed by atoms with E-state index < -0.39 is 5.60 Å². The van der Waals surface area contributed by atoms with Crippen molar-refractivity contribution in [3.8, 4) is 5.75 Å². The standard InChI is InChI=1S/C22H25NO2.ClH/c24-22(16-23-14-12-20(22)13-15-23)17-25-21-10-8-19(9-11-21)7-6-18-4-2-1-3-5-18;/h1-11,20,24H,12-17H2;1H/b7-6+;. The number of halogens is 1. The van der Waals surface area contributed by atoms with Crippen molar-refractivity contribution in [3.05, 3.63) is 65.7 Å². The molecule has 4 heteroatoms. The number of benzene rings is 2. The maximum atomic E-state index is 10.9. The number of nitrogens with zero attached hydrogens (tertiary/aromatic N) is 1. The highest BCUT2D eigenvalue weighted by Gasteiger charge is 2.45. The Balaban J connectivity index is 0.00000196. The fourth-order valence-corrected chi connectivity index (χ4v) is 3.95. The largest absolute Gasteiger partial charge is 0.491 e. The van der Waals surface area contributed by atoms with Crippen LogP contribution in [0.4, 0.5) is 0 Å². The zero-order chi connectivity index (χ0) is 17.1. The van der Waals surface area contributed by atoms with Crippen LogP contribution in [0.1, 0.15) is 24.0 Å². The molecule has 1 unspecified atom stereocenters. The lowest BCUT2D eigenvalue weighted by Gasteiger charge is -2.49. The molecule has 2 bridgehead atoms. The summed E-state index contributed by atoms with van der Waals surface area (Å²) in [5, 5.41) is 10.9. The van der Waals surface area contributed by atoms with Crippen molar-refractivity contribution in [3.63, 3.8) is 0 Å². The normalized spacial score (nSPS) is 27.3. The Bertz CT molecular complexity index is 724. The average Bonchev–Trinajstić information content (AvgIpc) is 2.67. The Morgan fingerprint density at radius 1 is 0.962 bits per heavy atom. The minimum atomic E-state index is -0.692. The van der Waals surface area contributed by atoms with E-state index in [1.165, 1.54) is 5.56 Å². The molecule has 3 saturated heterocycles. The van der Waals surface area contributed by atoms with Gasteiger partial charge in [0.05, 0.1) is 0 Å². The minimum Gasteiger partial charge on any atom is -0.491 e. The monoisotopic (exact) mass is 371 g/mol. The molecule has 3 aliphatic rings. The average molecular weight is 372 g/mol. The molecular weight excluding hydrogens is 346 g/mol. The Morgan fingerprint density at radius 2 is 1.58 bits per heavy atom. The number of ether oxygens (including phenoxy) is 1. The maximum Gasteiger partial charge on any atom is 0.119 e. The highest BCUT2D eigenvalue weighted by molar-refractivity contribution is 5.85. The summed E-state index contributed by atoms with van der Waals surface area (Å²) in [5.41, 5.74) is 1.63. The lowest BCUT2D eigenvalue weighted by Crippen LogP contribution is -2.61. The van der Waals surface area contributed by atoms with Gasteiger partial charge in [-0.05, 0) is 55.1 Å². The highest BCUT2D eigenvalue weighted by Crippen LogP contribution is 2.36. The van der Waals surface area contributed by atoms with Gasteiger partial charge in [-0.15, -0.1) is 12.4 Å². The van der Waals surface area contributed by atoms with Crippen LogP contribution in [-0.2, 0) is 0 Å². The van der Waals surface area contributed by atoms with Gasteiger partial charge in [0.25, 0.3) is 0 Å². The molecule has 1 N–H and O–H groups in total. The van der Waals surface area contributed by atoms with E-state index in [1.54, 1.807) is 0 Å². The number of fused-ring (bicyclic) bond motifs is 3. The quantitative estimate of drug-likeness (QED) is 0.803. The number of rotatable bonds is 5. The van der Waals surface area contributed by atoms with Crippen molar-refractivity contribution in [2.45, 2.75) is 18.4 Å². The summed E-state index contributed by atoms with van der Waals surface area (Å²) in [5.74, 6) is 1.20. The summed E-state index contributed by atoms with van der Waals surface area (Å²) in [6.45, 7) is 3.37. The molecule has 0 amide bonds. The van der Waals surface area contributed by atoms with Crippen molar-refractivity contribution in [2.75, 3.05) is 26.2 Å². The van der Waals surface area contributed by atoms with E-state index in [0.717, 1.165) is 43.8 Å². The fraction of sp³-hybridized carbons (Fsp3) is 0.364. The van der Waals surface area contributed by atoms with Crippen LogP contribution >= 0.6 is 12.4 Å². The van der Waals surface area contributed by atoms with Gasteiger partial charge in [-0.2, -0.15) is 0 Å². The summed E-state index contributed by atoms with van der Waals surface area (Å²) in [6.07, 6.45) is 6.37. The predicted octanol–water partition coefficient (Wildman–Crippen LogP) is 4.11. The molecule has 5 rings (SSSR count). The Morgan fingerprint density at radius 3 is 2.15 bits per heavy atom. The second kappa shape index (κ2) is 8.26. The first-order chi connectivity index (χ1) is 12.2. The second-order valence-electron chi connectivity index (χ2n) is 7.26. The molecular formula is C22H26ClNO2. The third-order valence-electron chi connectivity index (χ3n) is 5.48. The minimum absolute atomic E-state index is 0. The smallest absolute Gasteiger partial charge is 0.119 e. The van der Waals surface area contributed by atoms with Gasteiger partial charge in [0.15, 0.2) is 0 Å². The predicted molar refractivity (Wildman–Crippen MR) is 109 cm³/mol. The SMILES string of the molecule is Cl.OC1(COc2ccc(/C=C/c3ccccc3)cc2)CN2CCC1CC2.